The van der Waals surface area contributed by atoms with Crippen LogP contribution in [-0.4, -0.2) is 5.54 Å². The molecule has 3 aliphatic rings. The Morgan fingerprint density at radius 2 is 1.17 bits per heavy atom. The lowest BCUT2D eigenvalue weighted by Gasteiger charge is -2.53. The van der Waals surface area contributed by atoms with Gasteiger partial charge in [-0.15, -0.1) is 0 Å². The topological polar surface area (TPSA) is 3.24 Å². The van der Waals surface area contributed by atoms with Gasteiger partial charge in [0.15, 0.2) is 0 Å². The van der Waals surface area contributed by atoms with Crippen molar-refractivity contribution >= 4 is 16.9 Å². The van der Waals surface area contributed by atoms with Crippen LogP contribution in [0.3, 0.4) is 0 Å². The van der Waals surface area contributed by atoms with Gasteiger partial charge < -0.3 is 4.90 Å². The van der Waals surface area contributed by atoms with Crippen molar-refractivity contribution < 1.29 is 0 Å². The van der Waals surface area contributed by atoms with Crippen molar-refractivity contribution in [2.75, 3.05) is 4.90 Å². The molecular weight excluding hydrogens is 699 g/mol. The van der Waals surface area contributed by atoms with Crippen LogP contribution < -0.4 is 4.90 Å². The summed E-state index contributed by atoms with van der Waals surface area (Å²) < 4.78 is 0. The number of nitrogens with zero attached hydrogens (tertiary/aromatic N) is 1. The molecule has 0 spiro atoms. The summed E-state index contributed by atoms with van der Waals surface area (Å²) in [6.07, 6.45) is 15.0. The quantitative estimate of drug-likeness (QED) is 0.166. The Balaban J connectivity index is 1.28. The van der Waals surface area contributed by atoms with Crippen LogP contribution in [-0.2, 0) is 16.2 Å². The lowest BCUT2D eigenvalue weighted by Crippen LogP contribution is -2.54. The molecule has 0 radical (unpaired) electrons. The minimum Gasteiger partial charge on any atom is -0.331 e. The molecule has 5 aromatic rings. The largest absolute Gasteiger partial charge is 0.331 e. The van der Waals surface area contributed by atoms with Crippen molar-refractivity contribution in [2.45, 2.75) is 142 Å². The number of anilines is 2. The van der Waals surface area contributed by atoms with Crippen LogP contribution in [0.2, 0.25) is 0 Å². The number of hydrogen-bond acceptors (Lipinski definition) is 1. The van der Waals surface area contributed by atoms with Crippen LogP contribution >= 0.6 is 0 Å². The third kappa shape index (κ3) is 7.22. The standard InChI is InChI=1S/C57H67N/c1-53(2,3)45-34-44(35-46(36-45)54(4,5)6)42-22-17-21-41(33-42)43-23-18-32-57(38-43,55(7,8)9)58(47-28-26-40(27-29-47)39-19-13-12-14-20-39)48-30-31-50-49-24-15-16-25-51(49)56(10,11)52(50)37-48/h15-18,21-31,33-39H,12-14,19-20,32H2,1-11H3. The zero-order valence-corrected chi connectivity index (χ0v) is 37.4. The normalized spacial score (nSPS) is 19.4. The molecule has 300 valence electrons. The smallest absolute Gasteiger partial charge is 0.0724 e. The fourth-order valence-electron chi connectivity index (χ4n) is 10.2. The Bertz CT molecular complexity index is 2340. The molecule has 5 aromatic carbocycles. The summed E-state index contributed by atoms with van der Waals surface area (Å²) in [5.41, 5.74) is 17.0. The predicted octanol–water partition coefficient (Wildman–Crippen LogP) is 16.3. The van der Waals surface area contributed by atoms with E-state index in [9.17, 15) is 0 Å². The Kier molecular flexibility index (Phi) is 10.1. The minimum absolute atomic E-state index is 0.0577. The summed E-state index contributed by atoms with van der Waals surface area (Å²) in [4.78, 5) is 2.72. The van der Waals surface area contributed by atoms with E-state index >= 15 is 0 Å². The molecule has 1 heteroatoms. The first-order valence-corrected chi connectivity index (χ1v) is 22.2. The molecule has 1 atom stereocenters. The van der Waals surface area contributed by atoms with Gasteiger partial charge in [0.1, 0.15) is 0 Å². The highest BCUT2D eigenvalue weighted by molar-refractivity contribution is 5.86. The highest BCUT2D eigenvalue weighted by Crippen LogP contribution is 2.54. The van der Waals surface area contributed by atoms with Crippen molar-refractivity contribution in [3.8, 4) is 22.3 Å². The fraction of sp³-hybridized carbons (Fsp3) is 0.404. The first-order chi connectivity index (χ1) is 27.4. The van der Waals surface area contributed by atoms with Gasteiger partial charge in [-0.3, -0.25) is 0 Å². The van der Waals surface area contributed by atoms with E-state index in [1.807, 2.05) is 0 Å². The molecule has 1 nitrogen and oxygen atoms in total. The first-order valence-electron chi connectivity index (χ1n) is 22.2. The van der Waals surface area contributed by atoms with Crippen LogP contribution in [0.5, 0.6) is 0 Å². The highest BCUT2D eigenvalue weighted by Gasteiger charge is 2.47. The van der Waals surface area contributed by atoms with Gasteiger partial charge in [-0.2, -0.15) is 0 Å². The van der Waals surface area contributed by atoms with E-state index in [2.05, 4.69) is 208 Å². The molecule has 8 rings (SSSR count). The van der Waals surface area contributed by atoms with Crippen LogP contribution in [0.1, 0.15) is 154 Å². The summed E-state index contributed by atoms with van der Waals surface area (Å²) in [7, 11) is 0. The van der Waals surface area contributed by atoms with E-state index in [0.717, 1.165) is 6.42 Å². The first kappa shape index (κ1) is 40.2. The van der Waals surface area contributed by atoms with Gasteiger partial charge in [-0.05, 0) is 133 Å². The van der Waals surface area contributed by atoms with Crippen molar-refractivity contribution in [3.05, 3.63) is 161 Å². The number of fused-ring (bicyclic) bond motifs is 3. The third-order valence-corrected chi connectivity index (χ3v) is 14.1. The van der Waals surface area contributed by atoms with Crippen LogP contribution in [0.15, 0.2) is 127 Å². The molecule has 0 aromatic heterocycles. The number of benzene rings is 5. The minimum atomic E-state index is -0.352. The molecule has 0 saturated heterocycles. The van der Waals surface area contributed by atoms with Gasteiger partial charge in [-0.1, -0.05) is 193 Å². The molecule has 0 amide bonds. The Labute approximate surface area is 351 Å². The maximum absolute atomic E-state index is 2.72. The van der Waals surface area contributed by atoms with E-state index in [1.54, 1.807) is 0 Å². The summed E-state index contributed by atoms with van der Waals surface area (Å²) >= 11 is 0. The van der Waals surface area contributed by atoms with E-state index in [4.69, 9.17) is 0 Å². The van der Waals surface area contributed by atoms with Crippen molar-refractivity contribution in [1.29, 1.82) is 0 Å². The molecule has 0 aliphatic heterocycles. The van der Waals surface area contributed by atoms with Crippen LogP contribution in [0.25, 0.3) is 27.8 Å². The molecule has 58 heavy (non-hydrogen) atoms. The number of hydrogen-bond donors (Lipinski definition) is 0. The molecule has 0 heterocycles. The molecule has 1 fully saturated rings. The van der Waals surface area contributed by atoms with Crippen LogP contribution in [0, 0.1) is 5.41 Å². The van der Waals surface area contributed by atoms with Crippen molar-refractivity contribution in [3.63, 3.8) is 0 Å². The third-order valence-electron chi connectivity index (χ3n) is 14.1. The number of rotatable bonds is 6. The second kappa shape index (κ2) is 14.6. The van der Waals surface area contributed by atoms with E-state index in [-0.39, 0.29) is 27.2 Å². The number of allylic oxidation sites excluding steroid dienone is 2. The maximum atomic E-state index is 2.72. The zero-order valence-electron chi connectivity index (χ0n) is 37.4. The SMILES string of the molecule is CC(C)(C)c1cc(-c2cccc(C3=CC(N(c4ccc(C5CCCCC5)cc4)c4ccc5c(c4)C(C)(C)c4ccccc4-5)(C(C)(C)C)CC=C3)c2)cc(C(C)(C)C)c1. The van der Waals surface area contributed by atoms with Crippen molar-refractivity contribution in [2.24, 2.45) is 5.41 Å². The van der Waals surface area contributed by atoms with E-state index < -0.39 is 0 Å². The van der Waals surface area contributed by atoms with Gasteiger partial charge in [0.2, 0.25) is 0 Å². The lowest BCUT2D eigenvalue weighted by molar-refractivity contribution is 0.240. The molecular formula is C57H67N. The Hall–Kier alpha value is -4.62. The van der Waals surface area contributed by atoms with E-state index in [0.29, 0.717) is 5.92 Å². The molecule has 0 bridgehead atoms. The molecule has 1 unspecified atom stereocenters. The Morgan fingerprint density at radius 3 is 1.83 bits per heavy atom. The monoisotopic (exact) mass is 766 g/mol. The van der Waals surface area contributed by atoms with Gasteiger partial charge >= 0.3 is 0 Å². The molecule has 1 saturated carbocycles. The molecule has 3 aliphatic carbocycles. The molecule has 0 N–H and O–H groups in total. The van der Waals surface area contributed by atoms with Gasteiger partial charge in [-0.25, -0.2) is 0 Å². The van der Waals surface area contributed by atoms with Crippen LogP contribution in [0.4, 0.5) is 11.4 Å². The average Bonchev–Trinajstić information content (AvgIpc) is 3.43. The maximum Gasteiger partial charge on any atom is 0.0724 e. The van der Waals surface area contributed by atoms with Gasteiger partial charge in [0.25, 0.3) is 0 Å². The van der Waals surface area contributed by atoms with Gasteiger partial charge in [0, 0.05) is 16.8 Å². The summed E-state index contributed by atoms with van der Waals surface area (Å²) in [5, 5.41) is 0. The highest BCUT2D eigenvalue weighted by atomic mass is 15.2. The zero-order chi connectivity index (χ0) is 41.3. The average molecular weight is 766 g/mol. The summed E-state index contributed by atoms with van der Waals surface area (Å²) in [5.74, 6) is 0.673. The second-order valence-electron chi connectivity index (χ2n) is 21.4. The summed E-state index contributed by atoms with van der Waals surface area (Å²) in [6.45, 7) is 26.1. The van der Waals surface area contributed by atoms with E-state index in [1.165, 1.54) is 105 Å². The second-order valence-corrected chi connectivity index (χ2v) is 21.4. The predicted molar refractivity (Wildman–Crippen MR) is 252 cm³/mol. The van der Waals surface area contributed by atoms with Gasteiger partial charge in [0.05, 0.1) is 5.54 Å². The Morgan fingerprint density at radius 1 is 0.552 bits per heavy atom. The van der Waals surface area contributed by atoms with Crippen molar-refractivity contribution in [1.82, 2.24) is 0 Å². The fourth-order valence-corrected chi connectivity index (χ4v) is 10.2. The summed E-state index contributed by atoms with van der Waals surface area (Å²) in [6, 6.07) is 42.7. The lowest BCUT2D eigenvalue weighted by atomic mass is 9.66.